The van der Waals surface area contributed by atoms with Crippen LogP contribution in [0.1, 0.15) is 57.0 Å². The second-order valence-electron chi connectivity index (χ2n) is 12.5. The highest BCUT2D eigenvalue weighted by atomic mass is 16.3. The second kappa shape index (κ2) is 14.5. The number of aromatic nitrogens is 2. The van der Waals surface area contributed by atoms with Gasteiger partial charge >= 0.3 is 0 Å². The highest BCUT2D eigenvalue weighted by molar-refractivity contribution is 6.12. The van der Waals surface area contributed by atoms with Gasteiger partial charge in [-0.3, -0.25) is 19.3 Å². The van der Waals surface area contributed by atoms with Crippen molar-refractivity contribution in [2.24, 2.45) is 0 Å². The summed E-state index contributed by atoms with van der Waals surface area (Å²) < 4.78 is 7.72. The maximum Gasteiger partial charge on any atom is 0.291 e. The van der Waals surface area contributed by atoms with E-state index >= 15 is 0 Å². The third kappa shape index (κ3) is 7.85. The number of anilines is 2. The first kappa shape index (κ1) is 33.1. The number of carbonyl (C=O) groups excluding carboxylic acids is 2. The van der Waals surface area contributed by atoms with Gasteiger partial charge in [0.15, 0.2) is 11.2 Å². The molecular formula is C40H39N5O4. The first-order chi connectivity index (χ1) is 23.6. The molecule has 9 nitrogen and oxygen atoms in total. The number of fused-ring (bicyclic) bond motifs is 1. The lowest BCUT2D eigenvalue weighted by molar-refractivity contribution is 0.0997. The van der Waals surface area contributed by atoms with Crippen molar-refractivity contribution in [3.63, 3.8) is 0 Å². The molecule has 0 spiro atoms. The predicted molar refractivity (Wildman–Crippen MR) is 194 cm³/mol. The number of para-hydroxylation sites is 1. The van der Waals surface area contributed by atoms with E-state index in [2.05, 4.69) is 58.6 Å². The number of nitrogens with one attached hydrogen (secondary N) is 2. The van der Waals surface area contributed by atoms with Crippen LogP contribution in [0.25, 0.3) is 16.7 Å². The highest BCUT2D eigenvalue weighted by Gasteiger charge is 2.19. The van der Waals surface area contributed by atoms with E-state index in [4.69, 9.17) is 4.42 Å². The van der Waals surface area contributed by atoms with Gasteiger partial charge in [-0.25, -0.2) is 4.98 Å². The Kier molecular flexibility index (Phi) is 9.82. The largest absolute Gasteiger partial charge is 0.451 e. The standard InChI is InChI=1S/C40H39N5O4/c1-26(2)44(24-30-8-7-9-32(22-30)45-19-17-41-25-45)18-16-29-12-14-31(15-13-29)42-39(47)34-20-27(3)28(4)21-35(34)43-40(48)38-23-36(46)33-10-5-6-11-37(33)49-38/h5-15,17,19-23,25-26H,16,18,24H2,1-4H3,(H,42,47)(H,43,48). The quantitative estimate of drug-likeness (QED) is 0.149. The van der Waals surface area contributed by atoms with E-state index in [0.29, 0.717) is 33.9 Å². The molecule has 2 amide bonds. The van der Waals surface area contributed by atoms with Crippen LogP contribution in [0.5, 0.6) is 0 Å². The topological polar surface area (TPSA) is 109 Å². The van der Waals surface area contributed by atoms with Crippen LogP contribution >= 0.6 is 0 Å². The van der Waals surface area contributed by atoms with E-state index in [1.54, 1.807) is 48.9 Å². The van der Waals surface area contributed by atoms with Crippen molar-refractivity contribution >= 4 is 34.2 Å². The molecule has 4 aromatic carbocycles. The second-order valence-corrected chi connectivity index (χ2v) is 12.5. The van der Waals surface area contributed by atoms with Crippen LogP contribution in [0.3, 0.4) is 0 Å². The van der Waals surface area contributed by atoms with Crippen molar-refractivity contribution < 1.29 is 14.0 Å². The molecule has 0 aliphatic heterocycles. The molecule has 2 N–H and O–H groups in total. The lowest BCUT2D eigenvalue weighted by Gasteiger charge is -2.27. The summed E-state index contributed by atoms with van der Waals surface area (Å²) in [5, 5.41) is 6.15. The van der Waals surface area contributed by atoms with E-state index in [1.807, 2.05) is 48.9 Å². The van der Waals surface area contributed by atoms with Gasteiger partial charge in [0.25, 0.3) is 11.8 Å². The van der Waals surface area contributed by atoms with Gasteiger partial charge in [-0.1, -0.05) is 36.4 Å². The Morgan fingerprint density at radius 1 is 0.857 bits per heavy atom. The van der Waals surface area contributed by atoms with E-state index in [1.165, 1.54) is 11.6 Å². The zero-order valence-electron chi connectivity index (χ0n) is 28.1. The Morgan fingerprint density at radius 3 is 2.39 bits per heavy atom. The lowest BCUT2D eigenvalue weighted by Crippen LogP contribution is -2.32. The normalized spacial score (nSPS) is 11.3. The molecule has 6 rings (SSSR count). The number of aryl methyl sites for hydroxylation is 2. The van der Waals surface area contributed by atoms with Crippen LogP contribution < -0.4 is 16.1 Å². The highest BCUT2D eigenvalue weighted by Crippen LogP contribution is 2.24. The molecule has 9 heteroatoms. The van der Waals surface area contributed by atoms with Crippen molar-refractivity contribution in [3.05, 3.63) is 154 Å². The summed E-state index contributed by atoms with van der Waals surface area (Å²) in [6.07, 6.45) is 6.38. The fourth-order valence-electron chi connectivity index (χ4n) is 5.71. The van der Waals surface area contributed by atoms with E-state index in [-0.39, 0.29) is 17.1 Å². The molecule has 0 aliphatic carbocycles. The number of imidazole rings is 1. The van der Waals surface area contributed by atoms with Gasteiger partial charge in [0.1, 0.15) is 5.58 Å². The van der Waals surface area contributed by atoms with Gasteiger partial charge in [0, 0.05) is 49.0 Å². The summed E-state index contributed by atoms with van der Waals surface area (Å²) in [6, 6.07) is 28.1. The number of hydrogen-bond acceptors (Lipinski definition) is 6. The SMILES string of the molecule is Cc1cc(NC(=O)c2cc(=O)c3ccccc3o2)c(C(=O)Nc2ccc(CCN(Cc3cccc(-n4ccnc4)c3)C(C)C)cc2)cc1C. The van der Waals surface area contributed by atoms with Crippen molar-refractivity contribution in [1.82, 2.24) is 14.5 Å². The van der Waals surface area contributed by atoms with Crippen molar-refractivity contribution in [1.29, 1.82) is 0 Å². The Balaban J connectivity index is 1.11. The van der Waals surface area contributed by atoms with Crippen LogP contribution in [0.4, 0.5) is 11.4 Å². The predicted octanol–water partition coefficient (Wildman–Crippen LogP) is 7.55. The molecule has 0 radical (unpaired) electrons. The first-order valence-corrected chi connectivity index (χ1v) is 16.3. The van der Waals surface area contributed by atoms with Crippen LogP contribution in [-0.4, -0.2) is 38.9 Å². The third-order valence-electron chi connectivity index (χ3n) is 8.71. The number of hydrogen-bond donors (Lipinski definition) is 2. The molecule has 2 aromatic heterocycles. The monoisotopic (exact) mass is 653 g/mol. The maximum atomic E-state index is 13.5. The molecular weight excluding hydrogens is 614 g/mol. The molecule has 0 bridgehead atoms. The Hall–Kier alpha value is -5.80. The van der Waals surface area contributed by atoms with Crippen LogP contribution in [0.2, 0.25) is 0 Å². The zero-order valence-corrected chi connectivity index (χ0v) is 28.1. The average molecular weight is 654 g/mol. The number of rotatable bonds is 11. The van der Waals surface area contributed by atoms with Gasteiger partial charge in [-0.2, -0.15) is 0 Å². The molecule has 49 heavy (non-hydrogen) atoms. The van der Waals surface area contributed by atoms with Crippen molar-refractivity contribution in [3.8, 4) is 5.69 Å². The molecule has 0 saturated heterocycles. The van der Waals surface area contributed by atoms with Gasteiger partial charge in [0.05, 0.1) is 23.0 Å². The van der Waals surface area contributed by atoms with Crippen molar-refractivity contribution in [2.75, 3.05) is 17.2 Å². The number of amides is 2. The average Bonchev–Trinajstić information content (AvgIpc) is 3.64. The Labute approximate surface area is 285 Å². The summed E-state index contributed by atoms with van der Waals surface area (Å²) in [5.41, 5.74) is 6.55. The summed E-state index contributed by atoms with van der Waals surface area (Å²) in [6.45, 7) is 9.93. The summed E-state index contributed by atoms with van der Waals surface area (Å²) in [4.78, 5) is 45.9. The smallest absolute Gasteiger partial charge is 0.291 e. The fraction of sp³-hybridized carbons (Fsp3) is 0.200. The molecule has 0 aliphatic rings. The Bertz CT molecular complexity index is 2170. The van der Waals surface area contributed by atoms with E-state index < -0.39 is 5.91 Å². The molecule has 0 atom stereocenters. The van der Waals surface area contributed by atoms with Crippen LogP contribution in [-0.2, 0) is 13.0 Å². The summed E-state index contributed by atoms with van der Waals surface area (Å²) in [7, 11) is 0. The van der Waals surface area contributed by atoms with E-state index in [9.17, 15) is 14.4 Å². The zero-order chi connectivity index (χ0) is 34.5. The third-order valence-corrected chi connectivity index (χ3v) is 8.71. The van der Waals surface area contributed by atoms with Gasteiger partial charge in [0.2, 0.25) is 0 Å². The lowest BCUT2D eigenvalue weighted by atomic mass is 10.0. The number of carbonyl (C=O) groups is 2. The number of benzene rings is 4. The minimum atomic E-state index is -0.620. The molecule has 6 aromatic rings. The summed E-state index contributed by atoms with van der Waals surface area (Å²) in [5.74, 6) is -1.12. The van der Waals surface area contributed by atoms with Gasteiger partial charge in [-0.05, 0) is 105 Å². The summed E-state index contributed by atoms with van der Waals surface area (Å²) >= 11 is 0. The molecule has 248 valence electrons. The van der Waals surface area contributed by atoms with Gasteiger partial charge in [-0.15, -0.1) is 0 Å². The molecule has 0 fully saturated rings. The Morgan fingerprint density at radius 2 is 1.63 bits per heavy atom. The molecule has 2 heterocycles. The molecule has 0 saturated carbocycles. The number of nitrogens with zero attached hydrogens (tertiary/aromatic N) is 3. The minimum absolute atomic E-state index is 0.136. The van der Waals surface area contributed by atoms with Crippen molar-refractivity contribution in [2.45, 2.75) is 46.7 Å². The van der Waals surface area contributed by atoms with Gasteiger partial charge < -0.3 is 19.6 Å². The van der Waals surface area contributed by atoms with Crippen LogP contribution in [0, 0.1) is 13.8 Å². The minimum Gasteiger partial charge on any atom is -0.451 e. The first-order valence-electron chi connectivity index (χ1n) is 16.3. The van der Waals surface area contributed by atoms with E-state index in [0.717, 1.165) is 41.9 Å². The fourth-order valence-corrected chi connectivity index (χ4v) is 5.71. The molecule has 0 unspecified atom stereocenters. The van der Waals surface area contributed by atoms with Crippen LogP contribution in [0.15, 0.2) is 119 Å². The maximum absolute atomic E-state index is 13.5.